The maximum absolute atomic E-state index is 11.8. The number of aromatic hydroxyl groups is 1. The van der Waals surface area contributed by atoms with Crippen LogP contribution in [-0.4, -0.2) is 29.7 Å². The van der Waals surface area contributed by atoms with E-state index in [9.17, 15) is 14.7 Å². The van der Waals surface area contributed by atoms with Crippen LogP contribution in [0.5, 0.6) is 5.75 Å². The molecule has 0 aliphatic carbocycles. The molecule has 0 radical (unpaired) electrons. The van der Waals surface area contributed by atoms with Gasteiger partial charge in [-0.2, -0.15) is 0 Å². The zero-order valence-corrected chi connectivity index (χ0v) is 13.5. The third-order valence-electron chi connectivity index (χ3n) is 3.17. The molecule has 0 fully saturated rings. The molecule has 0 saturated heterocycles. The van der Waals surface area contributed by atoms with Gasteiger partial charge in [0.1, 0.15) is 5.75 Å². The van der Waals surface area contributed by atoms with Gasteiger partial charge in [-0.05, 0) is 48.6 Å². The van der Waals surface area contributed by atoms with E-state index in [1.807, 2.05) is 24.5 Å². The third-order valence-corrected chi connectivity index (χ3v) is 3.89. The molecule has 23 heavy (non-hydrogen) atoms. The van der Waals surface area contributed by atoms with Crippen LogP contribution in [0.25, 0.3) is 0 Å². The van der Waals surface area contributed by atoms with Crippen LogP contribution in [0, 0.1) is 0 Å². The molecule has 2 aromatic rings. The number of carbonyl (C=O) groups is 2. The average Bonchev–Trinajstić information content (AvgIpc) is 2.56. The lowest BCUT2D eigenvalue weighted by Crippen LogP contribution is -2.36. The van der Waals surface area contributed by atoms with Crippen LogP contribution in [0.4, 0.5) is 5.69 Å². The Kier molecular flexibility index (Phi) is 6.05. The standard InChI is InChI=1S/C17H18N2O3S/c1-23-15-4-2-3-13(11-15)19-17(22)16(21)18-10-9-12-5-7-14(20)8-6-12/h2-8,11,20H,9-10H2,1H3,(H,18,21)(H,19,22). The summed E-state index contributed by atoms with van der Waals surface area (Å²) in [5.41, 5.74) is 1.56. The maximum Gasteiger partial charge on any atom is 0.313 e. The van der Waals surface area contributed by atoms with Gasteiger partial charge >= 0.3 is 11.8 Å². The summed E-state index contributed by atoms with van der Waals surface area (Å²) in [6.45, 7) is 0.349. The van der Waals surface area contributed by atoms with Gasteiger partial charge in [0.2, 0.25) is 0 Å². The fourth-order valence-corrected chi connectivity index (χ4v) is 2.41. The van der Waals surface area contributed by atoms with E-state index in [1.165, 1.54) is 0 Å². The molecule has 120 valence electrons. The summed E-state index contributed by atoms with van der Waals surface area (Å²) < 4.78 is 0. The molecule has 0 spiro atoms. The fraction of sp³-hybridized carbons (Fsp3) is 0.176. The van der Waals surface area contributed by atoms with Gasteiger partial charge in [0.15, 0.2) is 0 Å². The highest BCUT2D eigenvalue weighted by molar-refractivity contribution is 7.98. The SMILES string of the molecule is CSc1cccc(NC(=O)C(=O)NCCc2ccc(O)cc2)c1. The molecular weight excluding hydrogens is 312 g/mol. The smallest absolute Gasteiger partial charge is 0.313 e. The average molecular weight is 330 g/mol. The Morgan fingerprint density at radius 1 is 1.09 bits per heavy atom. The number of phenols is 1. The number of anilines is 1. The lowest BCUT2D eigenvalue weighted by Gasteiger charge is -2.07. The van der Waals surface area contributed by atoms with Crippen molar-refractivity contribution in [3.8, 4) is 5.75 Å². The van der Waals surface area contributed by atoms with Crippen LogP contribution in [0.1, 0.15) is 5.56 Å². The monoisotopic (exact) mass is 330 g/mol. The van der Waals surface area contributed by atoms with Crippen molar-refractivity contribution in [1.82, 2.24) is 5.32 Å². The van der Waals surface area contributed by atoms with Gasteiger partial charge in [-0.25, -0.2) is 0 Å². The summed E-state index contributed by atoms with van der Waals surface area (Å²) in [7, 11) is 0. The van der Waals surface area contributed by atoms with Gasteiger partial charge in [0.25, 0.3) is 0 Å². The van der Waals surface area contributed by atoms with E-state index in [-0.39, 0.29) is 5.75 Å². The van der Waals surface area contributed by atoms with Gasteiger partial charge in [-0.1, -0.05) is 18.2 Å². The predicted molar refractivity (Wildman–Crippen MR) is 91.7 cm³/mol. The van der Waals surface area contributed by atoms with Crippen LogP contribution in [-0.2, 0) is 16.0 Å². The molecular formula is C17H18N2O3S. The second-order valence-corrected chi connectivity index (χ2v) is 5.74. The first kappa shape index (κ1) is 16.9. The predicted octanol–water partition coefficient (Wildman–Crippen LogP) is 2.41. The van der Waals surface area contributed by atoms with Crippen molar-refractivity contribution >= 4 is 29.3 Å². The van der Waals surface area contributed by atoms with E-state index >= 15 is 0 Å². The van der Waals surface area contributed by atoms with E-state index in [4.69, 9.17) is 0 Å². The molecule has 3 N–H and O–H groups in total. The van der Waals surface area contributed by atoms with Gasteiger partial charge in [0, 0.05) is 17.1 Å². The highest BCUT2D eigenvalue weighted by Gasteiger charge is 2.13. The van der Waals surface area contributed by atoms with E-state index in [0.29, 0.717) is 18.7 Å². The minimum atomic E-state index is -0.686. The number of phenolic OH excluding ortho intramolecular Hbond substituents is 1. The third kappa shape index (κ3) is 5.34. The van der Waals surface area contributed by atoms with Crippen LogP contribution in [0.15, 0.2) is 53.4 Å². The van der Waals surface area contributed by atoms with Crippen molar-refractivity contribution in [2.75, 3.05) is 18.1 Å². The lowest BCUT2D eigenvalue weighted by atomic mass is 10.1. The minimum absolute atomic E-state index is 0.199. The molecule has 0 heterocycles. The number of amides is 2. The van der Waals surface area contributed by atoms with Gasteiger partial charge in [0.05, 0.1) is 0 Å². The molecule has 0 saturated carbocycles. The number of benzene rings is 2. The molecule has 5 nitrogen and oxygen atoms in total. The molecule has 2 aromatic carbocycles. The molecule has 2 rings (SSSR count). The Bertz CT molecular complexity index is 686. The van der Waals surface area contributed by atoms with Crippen molar-refractivity contribution < 1.29 is 14.7 Å². The number of rotatable bonds is 5. The Labute approximate surface area is 139 Å². The van der Waals surface area contributed by atoms with Crippen molar-refractivity contribution in [2.24, 2.45) is 0 Å². The van der Waals surface area contributed by atoms with Crippen molar-refractivity contribution in [3.05, 3.63) is 54.1 Å². The number of nitrogens with one attached hydrogen (secondary N) is 2. The minimum Gasteiger partial charge on any atom is -0.508 e. The molecule has 2 amide bonds. The maximum atomic E-state index is 11.8. The highest BCUT2D eigenvalue weighted by Crippen LogP contribution is 2.18. The first-order valence-electron chi connectivity index (χ1n) is 7.09. The topological polar surface area (TPSA) is 78.4 Å². The second kappa shape index (κ2) is 8.24. The summed E-state index contributed by atoms with van der Waals surface area (Å²) in [5, 5.41) is 14.3. The second-order valence-electron chi connectivity index (χ2n) is 4.86. The van der Waals surface area contributed by atoms with Crippen molar-refractivity contribution in [3.63, 3.8) is 0 Å². The molecule has 0 aromatic heterocycles. The molecule has 0 aliphatic heterocycles. The molecule has 0 atom stereocenters. The zero-order valence-electron chi connectivity index (χ0n) is 12.7. The van der Waals surface area contributed by atoms with E-state index in [0.717, 1.165) is 10.5 Å². The largest absolute Gasteiger partial charge is 0.508 e. The van der Waals surface area contributed by atoms with Crippen molar-refractivity contribution in [1.29, 1.82) is 0 Å². The summed E-state index contributed by atoms with van der Waals surface area (Å²) in [6, 6.07) is 14.0. The summed E-state index contributed by atoms with van der Waals surface area (Å²) in [5.74, 6) is -1.16. The van der Waals surface area contributed by atoms with Crippen LogP contribution < -0.4 is 10.6 Å². The van der Waals surface area contributed by atoms with Crippen LogP contribution in [0.3, 0.4) is 0 Å². The molecule has 0 aliphatic rings. The first-order valence-corrected chi connectivity index (χ1v) is 8.32. The number of thioether (sulfide) groups is 1. The van der Waals surface area contributed by atoms with Gasteiger partial charge in [-0.15, -0.1) is 11.8 Å². The summed E-state index contributed by atoms with van der Waals surface area (Å²) >= 11 is 1.56. The number of hydrogen-bond donors (Lipinski definition) is 3. The Morgan fingerprint density at radius 2 is 1.83 bits per heavy atom. The quantitative estimate of drug-likeness (QED) is 0.581. The molecule has 0 bridgehead atoms. The highest BCUT2D eigenvalue weighted by atomic mass is 32.2. The van der Waals surface area contributed by atoms with Crippen molar-refractivity contribution in [2.45, 2.75) is 11.3 Å². The Morgan fingerprint density at radius 3 is 2.52 bits per heavy atom. The number of hydrogen-bond acceptors (Lipinski definition) is 4. The van der Waals surface area contributed by atoms with E-state index in [1.54, 1.807) is 42.1 Å². The summed E-state index contributed by atoms with van der Waals surface area (Å²) in [6.07, 6.45) is 2.53. The Balaban J connectivity index is 1.80. The van der Waals surface area contributed by atoms with E-state index in [2.05, 4.69) is 10.6 Å². The molecule has 0 unspecified atom stereocenters. The van der Waals surface area contributed by atoms with Crippen LogP contribution in [0.2, 0.25) is 0 Å². The summed E-state index contributed by atoms with van der Waals surface area (Å²) in [4.78, 5) is 24.6. The Hall–Kier alpha value is -2.47. The van der Waals surface area contributed by atoms with Gasteiger partial charge < -0.3 is 15.7 Å². The molecule has 6 heteroatoms. The number of carbonyl (C=O) groups excluding carboxylic acids is 2. The first-order chi connectivity index (χ1) is 11.1. The fourth-order valence-electron chi connectivity index (χ4n) is 1.95. The zero-order chi connectivity index (χ0) is 16.7. The van der Waals surface area contributed by atoms with Crippen LogP contribution >= 0.6 is 11.8 Å². The normalized spacial score (nSPS) is 10.1. The van der Waals surface area contributed by atoms with E-state index < -0.39 is 11.8 Å². The lowest BCUT2D eigenvalue weighted by molar-refractivity contribution is -0.136. The van der Waals surface area contributed by atoms with Gasteiger partial charge in [-0.3, -0.25) is 9.59 Å².